The van der Waals surface area contributed by atoms with Crippen LogP contribution in [0.5, 0.6) is 17.2 Å². The van der Waals surface area contributed by atoms with Gasteiger partial charge in [-0.05, 0) is 75.9 Å². The van der Waals surface area contributed by atoms with Crippen LogP contribution in [0.3, 0.4) is 0 Å². The molecule has 0 radical (unpaired) electrons. The number of hydrogen-bond acceptors (Lipinski definition) is 5. The number of nitrogens with zero attached hydrogens (tertiary/aromatic N) is 1. The number of anilines is 2. The minimum Gasteiger partial charge on any atom is -0.490 e. The van der Waals surface area contributed by atoms with Crippen molar-refractivity contribution in [2.45, 2.75) is 40.5 Å². The number of carbonyl (C=O) groups is 1. The van der Waals surface area contributed by atoms with Gasteiger partial charge in [-0.2, -0.15) is 0 Å². The second kappa shape index (κ2) is 10.9. The molecule has 31 heavy (non-hydrogen) atoms. The lowest BCUT2D eigenvalue weighted by atomic mass is 9.99. The van der Waals surface area contributed by atoms with Crippen LogP contribution in [-0.2, 0) is 0 Å². The largest absolute Gasteiger partial charge is 0.490 e. The molecule has 0 aliphatic carbocycles. The molecule has 0 unspecified atom stereocenters. The minimum absolute atomic E-state index is 0.218. The van der Waals surface area contributed by atoms with Crippen molar-refractivity contribution in [2.75, 3.05) is 43.1 Å². The van der Waals surface area contributed by atoms with E-state index >= 15 is 0 Å². The van der Waals surface area contributed by atoms with Crippen molar-refractivity contribution in [1.82, 2.24) is 0 Å². The van der Waals surface area contributed by atoms with Gasteiger partial charge in [0.05, 0.1) is 19.8 Å². The molecule has 1 heterocycles. The number of piperidine rings is 1. The molecule has 0 spiro atoms. The molecule has 1 N–H and O–H groups in total. The van der Waals surface area contributed by atoms with Crippen LogP contribution in [0.1, 0.15) is 50.9 Å². The van der Waals surface area contributed by atoms with Crippen LogP contribution in [-0.4, -0.2) is 38.8 Å². The smallest absolute Gasteiger partial charge is 0.255 e. The highest BCUT2D eigenvalue weighted by Gasteiger charge is 2.19. The SMILES string of the molecule is CCOc1cc(C(=O)Nc2ccc(N3CCC(C)CC3)cc2)cc(OCC)c1OCC. The number of carbonyl (C=O) groups excluding carboxylic acids is 1. The second-order valence-electron chi connectivity index (χ2n) is 7.77. The van der Waals surface area contributed by atoms with E-state index in [0.29, 0.717) is 42.6 Å². The van der Waals surface area contributed by atoms with Crippen LogP contribution < -0.4 is 24.4 Å². The summed E-state index contributed by atoms with van der Waals surface area (Å²) < 4.78 is 17.2. The van der Waals surface area contributed by atoms with Crippen LogP contribution in [0.2, 0.25) is 0 Å². The first-order valence-corrected chi connectivity index (χ1v) is 11.3. The molecule has 2 aromatic rings. The van der Waals surface area contributed by atoms with Crippen LogP contribution in [0, 0.1) is 5.92 Å². The van der Waals surface area contributed by atoms with E-state index in [-0.39, 0.29) is 5.91 Å². The third kappa shape index (κ3) is 5.84. The van der Waals surface area contributed by atoms with E-state index in [9.17, 15) is 4.79 Å². The van der Waals surface area contributed by atoms with Gasteiger partial charge in [0.1, 0.15) is 0 Å². The van der Waals surface area contributed by atoms with Crippen molar-refractivity contribution in [3.05, 3.63) is 42.0 Å². The predicted molar refractivity (Wildman–Crippen MR) is 125 cm³/mol. The second-order valence-corrected chi connectivity index (χ2v) is 7.77. The normalized spacial score (nSPS) is 14.3. The molecule has 0 saturated carbocycles. The first-order chi connectivity index (χ1) is 15.0. The van der Waals surface area contributed by atoms with Gasteiger partial charge >= 0.3 is 0 Å². The van der Waals surface area contributed by atoms with Gasteiger partial charge in [-0.25, -0.2) is 0 Å². The molecule has 6 heteroatoms. The van der Waals surface area contributed by atoms with Crippen LogP contribution in [0.15, 0.2) is 36.4 Å². The summed E-state index contributed by atoms with van der Waals surface area (Å²) in [5.41, 5.74) is 2.41. The molecule has 1 aliphatic rings. The Kier molecular flexibility index (Phi) is 8.04. The Hall–Kier alpha value is -2.89. The van der Waals surface area contributed by atoms with E-state index in [2.05, 4.69) is 29.3 Å². The highest BCUT2D eigenvalue weighted by molar-refractivity contribution is 6.05. The molecule has 1 amide bonds. The van der Waals surface area contributed by atoms with Crippen LogP contribution in [0.4, 0.5) is 11.4 Å². The highest BCUT2D eigenvalue weighted by Crippen LogP contribution is 2.39. The summed E-state index contributed by atoms with van der Waals surface area (Å²) in [7, 11) is 0. The van der Waals surface area contributed by atoms with E-state index in [0.717, 1.165) is 24.7 Å². The zero-order valence-corrected chi connectivity index (χ0v) is 19.1. The summed E-state index contributed by atoms with van der Waals surface area (Å²) in [6.45, 7) is 11.6. The summed E-state index contributed by atoms with van der Waals surface area (Å²) in [5.74, 6) is 2.13. The van der Waals surface area contributed by atoms with E-state index in [4.69, 9.17) is 14.2 Å². The zero-order valence-electron chi connectivity index (χ0n) is 19.1. The lowest BCUT2D eigenvalue weighted by Gasteiger charge is -2.32. The molecule has 1 aliphatic heterocycles. The van der Waals surface area contributed by atoms with Crippen molar-refractivity contribution in [3.8, 4) is 17.2 Å². The van der Waals surface area contributed by atoms with Crippen LogP contribution >= 0.6 is 0 Å². The molecular weight excluding hydrogens is 392 g/mol. The molecule has 2 aromatic carbocycles. The van der Waals surface area contributed by atoms with E-state index < -0.39 is 0 Å². The van der Waals surface area contributed by atoms with Gasteiger partial charge in [-0.15, -0.1) is 0 Å². The van der Waals surface area contributed by atoms with Gasteiger partial charge in [0.2, 0.25) is 5.75 Å². The summed E-state index contributed by atoms with van der Waals surface area (Å²) >= 11 is 0. The number of benzene rings is 2. The lowest BCUT2D eigenvalue weighted by Crippen LogP contribution is -2.32. The predicted octanol–water partition coefficient (Wildman–Crippen LogP) is 5.37. The Balaban J connectivity index is 1.76. The monoisotopic (exact) mass is 426 g/mol. The van der Waals surface area contributed by atoms with Crippen molar-refractivity contribution in [3.63, 3.8) is 0 Å². The van der Waals surface area contributed by atoms with Crippen molar-refractivity contribution < 1.29 is 19.0 Å². The number of hydrogen-bond donors (Lipinski definition) is 1. The Morgan fingerprint density at radius 2 is 1.48 bits per heavy atom. The first kappa shape index (κ1) is 22.8. The van der Waals surface area contributed by atoms with Gasteiger partial charge in [0.25, 0.3) is 5.91 Å². The van der Waals surface area contributed by atoms with Gasteiger partial charge in [-0.1, -0.05) is 6.92 Å². The first-order valence-electron chi connectivity index (χ1n) is 11.3. The van der Waals surface area contributed by atoms with E-state index in [1.807, 2.05) is 32.9 Å². The van der Waals surface area contributed by atoms with Crippen molar-refractivity contribution >= 4 is 17.3 Å². The number of ether oxygens (including phenoxy) is 3. The molecule has 1 fully saturated rings. The Labute approximate surface area is 185 Å². The topological polar surface area (TPSA) is 60.0 Å². The molecule has 0 bridgehead atoms. The lowest BCUT2D eigenvalue weighted by molar-refractivity contribution is 0.102. The summed E-state index contributed by atoms with van der Waals surface area (Å²) in [5, 5.41) is 2.98. The average Bonchev–Trinajstić information content (AvgIpc) is 2.77. The fourth-order valence-electron chi connectivity index (χ4n) is 3.75. The third-order valence-corrected chi connectivity index (χ3v) is 5.45. The van der Waals surface area contributed by atoms with Crippen LogP contribution in [0.25, 0.3) is 0 Å². The Morgan fingerprint density at radius 1 is 0.935 bits per heavy atom. The van der Waals surface area contributed by atoms with E-state index in [1.54, 1.807) is 12.1 Å². The summed E-state index contributed by atoms with van der Waals surface area (Å²) in [6.07, 6.45) is 2.45. The van der Waals surface area contributed by atoms with Gasteiger partial charge in [0.15, 0.2) is 11.5 Å². The molecule has 6 nitrogen and oxygen atoms in total. The minimum atomic E-state index is -0.218. The molecule has 0 aromatic heterocycles. The summed E-state index contributed by atoms with van der Waals surface area (Å²) in [4.78, 5) is 15.3. The fourth-order valence-corrected chi connectivity index (χ4v) is 3.75. The quantitative estimate of drug-likeness (QED) is 0.584. The maximum absolute atomic E-state index is 12.9. The molecule has 1 saturated heterocycles. The number of amides is 1. The standard InChI is InChI=1S/C25H34N2O4/c1-5-29-22-16-19(17-23(30-6-2)24(22)31-7-3)25(28)26-20-8-10-21(11-9-20)27-14-12-18(4)13-15-27/h8-11,16-18H,5-7,12-15H2,1-4H3,(H,26,28). The molecule has 3 rings (SSSR count). The zero-order chi connectivity index (χ0) is 22.2. The Morgan fingerprint density at radius 3 is 2.00 bits per heavy atom. The third-order valence-electron chi connectivity index (χ3n) is 5.45. The molecular formula is C25H34N2O4. The Bertz CT molecular complexity index is 831. The number of nitrogens with one attached hydrogen (secondary N) is 1. The van der Waals surface area contributed by atoms with Gasteiger partial charge in [-0.3, -0.25) is 4.79 Å². The van der Waals surface area contributed by atoms with Crippen molar-refractivity contribution in [1.29, 1.82) is 0 Å². The summed E-state index contributed by atoms with van der Waals surface area (Å²) in [6, 6.07) is 11.5. The molecule has 168 valence electrons. The molecule has 0 atom stereocenters. The average molecular weight is 427 g/mol. The maximum Gasteiger partial charge on any atom is 0.255 e. The van der Waals surface area contributed by atoms with Gasteiger partial charge < -0.3 is 24.4 Å². The van der Waals surface area contributed by atoms with Crippen molar-refractivity contribution in [2.24, 2.45) is 5.92 Å². The highest BCUT2D eigenvalue weighted by atomic mass is 16.5. The van der Waals surface area contributed by atoms with Gasteiger partial charge in [0, 0.05) is 30.0 Å². The van der Waals surface area contributed by atoms with E-state index in [1.165, 1.54) is 18.5 Å². The number of rotatable bonds is 9. The maximum atomic E-state index is 12.9. The fraction of sp³-hybridized carbons (Fsp3) is 0.480.